The Morgan fingerprint density at radius 3 is 2.75 bits per heavy atom. The van der Waals surface area contributed by atoms with E-state index in [4.69, 9.17) is 11.6 Å². The smallest absolute Gasteiger partial charge is 0.138 e. The van der Waals surface area contributed by atoms with Gasteiger partial charge in [-0.25, -0.2) is 0 Å². The zero-order valence-corrected chi connectivity index (χ0v) is 10.4. The number of para-hydroxylation sites is 1. The van der Waals surface area contributed by atoms with Crippen LogP contribution in [0.5, 0.6) is 5.75 Å². The van der Waals surface area contributed by atoms with Crippen molar-refractivity contribution in [3.8, 4) is 5.75 Å². The standard InChI is InChI=1S/C13H18ClNO/c1-10-5-7-15(8-6-10)9-11-3-2-4-12(14)13(11)16/h2-4,10,16H,5-9H2,1H3. The van der Waals surface area contributed by atoms with Crippen LogP contribution in [0.3, 0.4) is 0 Å². The highest BCUT2D eigenvalue weighted by molar-refractivity contribution is 6.32. The number of rotatable bonds is 2. The molecule has 0 amide bonds. The van der Waals surface area contributed by atoms with Gasteiger partial charge >= 0.3 is 0 Å². The molecule has 2 rings (SSSR count). The lowest BCUT2D eigenvalue weighted by atomic mass is 9.99. The number of phenols is 1. The van der Waals surface area contributed by atoms with Gasteiger partial charge in [-0.15, -0.1) is 0 Å². The number of nitrogens with zero attached hydrogens (tertiary/aromatic N) is 1. The predicted molar refractivity (Wildman–Crippen MR) is 66.8 cm³/mol. The van der Waals surface area contributed by atoms with Gasteiger partial charge in [0, 0.05) is 12.1 Å². The van der Waals surface area contributed by atoms with E-state index in [0.717, 1.165) is 31.1 Å². The van der Waals surface area contributed by atoms with Crippen LogP contribution in [0.4, 0.5) is 0 Å². The van der Waals surface area contributed by atoms with E-state index in [1.165, 1.54) is 12.8 Å². The summed E-state index contributed by atoms with van der Waals surface area (Å²) < 4.78 is 0. The molecule has 0 spiro atoms. The summed E-state index contributed by atoms with van der Waals surface area (Å²) in [6.07, 6.45) is 2.50. The quantitative estimate of drug-likeness (QED) is 0.856. The van der Waals surface area contributed by atoms with Gasteiger partial charge in [0.05, 0.1) is 5.02 Å². The molecule has 0 unspecified atom stereocenters. The van der Waals surface area contributed by atoms with Gasteiger partial charge in [-0.05, 0) is 37.9 Å². The second kappa shape index (κ2) is 5.07. The van der Waals surface area contributed by atoms with Crippen molar-refractivity contribution in [1.82, 2.24) is 4.90 Å². The third kappa shape index (κ3) is 2.69. The molecule has 2 nitrogen and oxygen atoms in total. The van der Waals surface area contributed by atoms with Gasteiger partial charge in [0.25, 0.3) is 0 Å². The fourth-order valence-corrected chi connectivity index (χ4v) is 2.34. The number of likely N-dealkylation sites (tertiary alicyclic amines) is 1. The summed E-state index contributed by atoms with van der Waals surface area (Å²) in [6.45, 7) is 5.34. The Morgan fingerprint density at radius 2 is 2.06 bits per heavy atom. The lowest BCUT2D eigenvalue weighted by Gasteiger charge is -2.30. The maximum absolute atomic E-state index is 9.82. The SMILES string of the molecule is CC1CCN(Cc2cccc(Cl)c2O)CC1. The molecule has 0 aliphatic carbocycles. The maximum atomic E-state index is 9.82. The van der Waals surface area contributed by atoms with Crippen molar-refractivity contribution < 1.29 is 5.11 Å². The summed E-state index contributed by atoms with van der Waals surface area (Å²) in [5.41, 5.74) is 0.932. The average Bonchev–Trinajstić information content (AvgIpc) is 2.28. The zero-order chi connectivity index (χ0) is 11.5. The Bertz CT molecular complexity index is 359. The van der Waals surface area contributed by atoms with Crippen molar-refractivity contribution in [3.05, 3.63) is 28.8 Å². The highest BCUT2D eigenvalue weighted by Crippen LogP contribution is 2.28. The number of aromatic hydroxyl groups is 1. The van der Waals surface area contributed by atoms with Gasteiger partial charge in [0.2, 0.25) is 0 Å². The van der Waals surface area contributed by atoms with Crippen molar-refractivity contribution in [2.45, 2.75) is 26.3 Å². The Balaban J connectivity index is 2.01. The fourth-order valence-electron chi connectivity index (χ4n) is 2.15. The van der Waals surface area contributed by atoms with Crippen LogP contribution in [-0.4, -0.2) is 23.1 Å². The van der Waals surface area contributed by atoms with E-state index in [9.17, 15) is 5.11 Å². The molecule has 1 fully saturated rings. The molecule has 3 heteroatoms. The van der Waals surface area contributed by atoms with E-state index in [1.807, 2.05) is 12.1 Å². The summed E-state index contributed by atoms with van der Waals surface area (Å²) in [4.78, 5) is 2.38. The first-order chi connectivity index (χ1) is 7.66. The van der Waals surface area contributed by atoms with Crippen LogP contribution in [0, 0.1) is 5.92 Å². The monoisotopic (exact) mass is 239 g/mol. The fraction of sp³-hybridized carbons (Fsp3) is 0.538. The molecule has 1 aliphatic heterocycles. The highest BCUT2D eigenvalue weighted by atomic mass is 35.5. The van der Waals surface area contributed by atoms with Crippen LogP contribution < -0.4 is 0 Å². The minimum absolute atomic E-state index is 0.239. The Morgan fingerprint density at radius 1 is 1.38 bits per heavy atom. The molecule has 1 aliphatic rings. The van der Waals surface area contributed by atoms with Crippen molar-refractivity contribution >= 4 is 11.6 Å². The molecular formula is C13H18ClNO. The van der Waals surface area contributed by atoms with Gasteiger partial charge in [0.1, 0.15) is 5.75 Å². The third-order valence-corrected chi connectivity index (χ3v) is 3.65. The topological polar surface area (TPSA) is 23.5 Å². The predicted octanol–water partition coefficient (Wildman–Crippen LogP) is 3.28. The second-order valence-electron chi connectivity index (χ2n) is 4.71. The molecule has 16 heavy (non-hydrogen) atoms. The Labute approximate surface area is 102 Å². The largest absolute Gasteiger partial charge is 0.506 e. The summed E-state index contributed by atoms with van der Waals surface area (Å²) in [7, 11) is 0. The highest BCUT2D eigenvalue weighted by Gasteiger charge is 2.17. The van der Waals surface area contributed by atoms with E-state index in [-0.39, 0.29) is 5.75 Å². The molecule has 1 aromatic rings. The average molecular weight is 240 g/mol. The lowest BCUT2D eigenvalue weighted by molar-refractivity contribution is 0.183. The molecule has 1 heterocycles. The summed E-state index contributed by atoms with van der Waals surface area (Å²) in [5.74, 6) is 1.08. The summed E-state index contributed by atoms with van der Waals surface area (Å²) in [6, 6.07) is 5.56. The molecule has 0 saturated carbocycles. The normalized spacial score (nSPS) is 18.9. The molecule has 1 aromatic carbocycles. The van der Waals surface area contributed by atoms with Crippen molar-refractivity contribution in [2.75, 3.05) is 13.1 Å². The minimum Gasteiger partial charge on any atom is -0.506 e. The summed E-state index contributed by atoms with van der Waals surface area (Å²) >= 11 is 5.89. The first-order valence-corrected chi connectivity index (χ1v) is 6.23. The third-order valence-electron chi connectivity index (χ3n) is 3.34. The van der Waals surface area contributed by atoms with Crippen molar-refractivity contribution in [2.24, 2.45) is 5.92 Å². The first kappa shape index (κ1) is 11.7. The zero-order valence-electron chi connectivity index (χ0n) is 9.62. The van der Waals surface area contributed by atoms with Crippen molar-refractivity contribution in [1.29, 1.82) is 0 Å². The molecule has 1 N–H and O–H groups in total. The Hall–Kier alpha value is -0.730. The molecule has 0 bridgehead atoms. The van der Waals surface area contributed by atoms with E-state index in [0.29, 0.717) is 5.02 Å². The van der Waals surface area contributed by atoms with E-state index in [2.05, 4.69) is 11.8 Å². The number of piperidine rings is 1. The van der Waals surface area contributed by atoms with Crippen LogP contribution in [0.15, 0.2) is 18.2 Å². The van der Waals surface area contributed by atoms with Crippen LogP contribution in [0.25, 0.3) is 0 Å². The number of hydrogen-bond donors (Lipinski definition) is 1. The Kier molecular flexibility index (Phi) is 3.72. The van der Waals surface area contributed by atoms with Gasteiger partial charge < -0.3 is 5.11 Å². The molecule has 88 valence electrons. The summed E-state index contributed by atoms with van der Waals surface area (Å²) in [5, 5.41) is 10.3. The molecule has 0 radical (unpaired) electrons. The maximum Gasteiger partial charge on any atom is 0.138 e. The number of benzene rings is 1. The van der Waals surface area contributed by atoms with Gasteiger partial charge in [-0.2, -0.15) is 0 Å². The van der Waals surface area contributed by atoms with Crippen LogP contribution in [-0.2, 0) is 6.54 Å². The van der Waals surface area contributed by atoms with Gasteiger partial charge in [0.15, 0.2) is 0 Å². The first-order valence-electron chi connectivity index (χ1n) is 5.85. The van der Waals surface area contributed by atoms with Gasteiger partial charge in [-0.3, -0.25) is 4.90 Å². The molecule has 1 saturated heterocycles. The second-order valence-corrected chi connectivity index (χ2v) is 5.11. The lowest BCUT2D eigenvalue weighted by Crippen LogP contribution is -2.32. The minimum atomic E-state index is 0.239. The number of halogens is 1. The number of hydrogen-bond acceptors (Lipinski definition) is 2. The van der Waals surface area contributed by atoms with E-state index < -0.39 is 0 Å². The van der Waals surface area contributed by atoms with Crippen LogP contribution in [0.2, 0.25) is 5.02 Å². The molecule has 0 aromatic heterocycles. The molecular weight excluding hydrogens is 222 g/mol. The van der Waals surface area contributed by atoms with Gasteiger partial charge in [-0.1, -0.05) is 30.7 Å². The van der Waals surface area contributed by atoms with Crippen molar-refractivity contribution in [3.63, 3.8) is 0 Å². The van der Waals surface area contributed by atoms with Crippen LogP contribution in [0.1, 0.15) is 25.3 Å². The van der Waals surface area contributed by atoms with E-state index in [1.54, 1.807) is 6.07 Å². The molecule has 0 atom stereocenters. The van der Waals surface area contributed by atoms with Crippen LogP contribution >= 0.6 is 11.6 Å². The number of phenolic OH excluding ortho intramolecular Hbond substituents is 1. The van der Waals surface area contributed by atoms with E-state index >= 15 is 0 Å².